The number of carbonyl (C=O) groups excluding carboxylic acids is 1. The molecule has 2 N–H and O–H groups in total. The van der Waals surface area contributed by atoms with Crippen molar-refractivity contribution >= 4 is 22.6 Å². The van der Waals surface area contributed by atoms with Crippen LogP contribution in [0.4, 0.5) is 10.2 Å². The van der Waals surface area contributed by atoms with Gasteiger partial charge in [0, 0.05) is 42.7 Å². The van der Waals surface area contributed by atoms with Crippen molar-refractivity contribution in [3.05, 3.63) is 78.0 Å². The molecule has 4 aromatic rings. The van der Waals surface area contributed by atoms with Crippen molar-refractivity contribution < 1.29 is 13.9 Å². The topological polar surface area (TPSA) is 89.0 Å². The summed E-state index contributed by atoms with van der Waals surface area (Å²) in [6.45, 7) is 2.66. The third-order valence-electron chi connectivity index (χ3n) is 5.51. The molecule has 2 heterocycles. The van der Waals surface area contributed by atoms with E-state index in [1.807, 2.05) is 18.2 Å². The number of benzene rings is 2. The van der Waals surface area contributed by atoms with Crippen molar-refractivity contribution in [2.24, 2.45) is 0 Å². The van der Waals surface area contributed by atoms with Gasteiger partial charge in [0.15, 0.2) is 11.6 Å². The number of pyridine rings is 1. The number of para-hydroxylation sites is 1. The van der Waals surface area contributed by atoms with E-state index in [-0.39, 0.29) is 17.6 Å². The first-order chi connectivity index (χ1) is 16.0. The lowest BCUT2D eigenvalue weighted by molar-refractivity contribution is 0.0964. The summed E-state index contributed by atoms with van der Waals surface area (Å²) in [7, 11) is 3.04. The van der Waals surface area contributed by atoms with Gasteiger partial charge in [-0.25, -0.2) is 14.4 Å². The van der Waals surface area contributed by atoms with E-state index < -0.39 is 5.82 Å². The zero-order valence-electron chi connectivity index (χ0n) is 18.6. The Bertz CT molecular complexity index is 1310. The predicted octanol–water partition coefficient (Wildman–Crippen LogP) is 4.41. The number of carbonyl (C=O) groups is 1. The minimum Gasteiger partial charge on any atom is -0.494 e. The first-order valence-electron chi connectivity index (χ1n) is 10.5. The van der Waals surface area contributed by atoms with Gasteiger partial charge in [0.05, 0.1) is 23.9 Å². The van der Waals surface area contributed by atoms with Gasteiger partial charge in [0.25, 0.3) is 5.91 Å². The molecule has 7 nitrogen and oxygen atoms in total. The summed E-state index contributed by atoms with van der Waals surface area (Å²) in [5.74, 6) is 0.300. The van der Waals surface area contributed by atoms with Crippen molar-refractivity contribution in [1.29, 1.82) is 0 Å². The number of aromatic nitrogens is 3. The molecule has 1 atom stereocenters. The summed E-state index contributed by atoms with van der Waals surface area (Å²) >= 11 is 0. The number of hydrogen-bond donors (Lipinski definition) is 2. The molecule has 8 heteroatoms. The van der Waals surface area contributed by atoms with Gasteiger partial charge in [-0.1, -0.05) is 25.1 Å². The van der Waals surface area contributed by atoms with Gasteiger partial charge < -0.3 is 15.4 Å². The number of amides is 1. The van der Waals surface area contributed by atoms with Crippen LogP contribution >= 0.6 is 0 Å². The van der Waals surface area contributed by atoms with E-state index in [9.17, 15) is 9.18 Å². The van der Waals surface area contributed by atoms with Gasteiger partial charge in [-0.2, -0.15) is 0 Å². The molecule has 4 rings (SSSR count). The van der Waals surface area contributed by atoms with E-state index >= 15 is 0 Å². The largest absolute Gasteiger partial charge is 0.494 e. The average Bonchev–Trinajstić information content (AvgIpc) is 2.86. The number of nitrogens with zero attached hydrogens (tertiary/aromatic N) is 3. The number of rotatable bonds is 7. The Morgan fingerprint density at radius 3 is 2.73 bits per heavy atom. The van der Waals surface area contributed by atoms with Crippen LogP contribution in [0.3, 0.4) is 0 Å². The Labute approximate surface area is 191 Å². The molecule has 0 bridgehead atoms. The van der Waals surface area contributed by atoms with E-state index in [0.29, 0.717) is 29.2 Å². The lowest BCUT2D eigenvalue weighted by Gasteiger charge is -2.16. The van der Waals surface area contributed by atoms with Crippen LogP contribution in [0.2, 0.25) is 0 Å². The summed E-state index contributed by atoms with van der Waals surface area (Å²) in [6, 6.07) is 14.1. The molecule has 1 amide bonds. The Hall–Kier alpha value is -4.07. The van der Waals surface area contributed by atoms with Crippen LogP contribution in [0.5, 0.6) is 5.75 Å². The number of halogens is 1. The van der Waals surface area contributed by atoms with Crippen LogP contribution in [0, 0.1) is 5.82 Å². The monoisotopic (exact) mass is 445 g/mol. The standard InChI is InChI=1S/C25H24FN5O2/c1-15(17-5-4-6-18-19(25(32)27-2)9-10-28-24(17)18)13-29-23-12-21(30-14-31-23)16-7-8-22(33-3)20(26)11-16/h4-12,14-15H,13H2,1-3H3,(H,27,32)(H,29,30,31)/t15-/m1/s1. The van der Waals surface area contributed by atoms with Gasteiger partial charge in [0.2, 0.25) is 0 Å². The maximum atomic E-state index is 14.1. The number of anilines is 1. The van der Waals surface area contributed by atoms with Crippen molar-refractivity contribution in [2.45, 2.75) is 12.8 Å². The molecule has 0 aliphatic rings. The summed E-state index contributed by atoms with van der Waals surface area (Å²) in [4.78, 5) is 25.3. The first kappa shape index (κ1) is 22.1. The molecule has 0 fully saturated rings. The zero-order valence-corrected chi connectivity index (χ0v) is 18.6. The average molecular weight is 445 g/mol. The second-order valence-electron chi connectivity index (χ2n) is 7.60. The summed E-state index contributed by atoms with van der Waals surface area (Å²) in [5.41, 5.74) is 3.65. The first-order valence-corrected chi connectivity index (χ1v) is 10.5. The van der Waals surface area contributed by atoms with Crippen molar-refractivity contribution in [2.75, 3.05) is 26.0 Å². The second kappa shape index (κ2) is 9.60. The Kier molecular flexibility index (Phi) is 6.44. The predicted molar refractivity (Wildman–Crippen MR) is 126 cm³/mol. The van der Waals surface area contributed by atoms with Gasteiger partial charge in [0.1, 0.15) is 12.1 Å². The Balaban J connectivity index is 1.55. The molecule has 0 unspecified atom stereocenters. The van der Waals surface area contributed by atoms with Crippen LogP contribution < -0.4 is 15.4 Å². The summed E-state index contributed by atoms with van der Waals surface area (Å²) in [5, 5.41) is 6.81. The highest BCUT2D eigenvalue weighted by atomic mass is 19.1. The van der Waals surface area contributed by atoms with Crippen LogP contribution in [-0.4, -0.2) is 41.6 Å². The smallest absolute Gasteiger partial charge is 0.251 e. The van der Waals surface area contributed by atoms with Gasteiger partial charge >= 0.3 is 0 Å². The lowest BCUT2D eigenvalue weighted by Crippen LogP contribution is -2.18. The fourth-order valence-electron chi connectivity index (χ4n) is 3.73. The number of methoxy groups -OCH3 is 1. The minimum atomic E-state index is -0.448. The van der Waals surface area contributed by atoms with Gasteiger partial charge in [-0.05, 0) is 29.8 Å². The maximum absolute atomic E-state index is 14.1. The summed E-state index contributed by atoms with van der Waals surface area (Å²) < 4.78 is 19.1. The third-order valence-corrected chi connectivity index (χ3v) is 5.51. The second-order valence-corrected chi connectivity index (χ2v) is 7.60. The number of ether oxygens (including phenoxy) is 1. The molecule has 33 heavy (non-hydrogen) atoms. The van der Waals surface area contributed by atoms with E-state index in [2.05, 4.69) is 32.5 Å². The third kappa shape index (κ3) is 4.59. The van der Waals surface area contributed by atoms with Crippen molar-refractivity contribution in [3.8, 4) is 17.0 Å². The number of nitrogens with one attached hydrogen (secondary N) is 2. The highest BCUT2D eigenvalue weighted by Crippen LogP contribution is 2.28. The quantitative estimate of drug-likeness (QED) is 0.438. The normalized spacial score (nSPS) is 11.8. The Morgan fingerprint density at radius 1 is 1.12 bits per heavy atom. The molecule has 0 saturated heterocycles. The highest BCUT2D eigenvalue weighted by molar-refractivity contribution is 6.06. The van der Waals surface area contributed by atoms with Crippen LogP contribution in [0.15, 0.2) is 61.1 Å². The minimum absolute atomic E-state index is 0.0815. The maximum Gasteiger partial charge on any atom is 0.251 e. The Morgan fingerprint density at radius 2 is 1.97 bits per heavy atom. The highest BCUT2D eigenvalue weighted by Gasteiger charge is 2.15. The molecule has 0 radical (unpaired) electrons. The molecule has 2 aromatic carbocycles. The molecule has 2 aromatic heterocycles. The molecular weight excluding hydrogens is 421 g/mol. The van der Waals surface area contributed by atoms with E-state index in [1.165, 1.54) is 19.5 Å². The molecular formula is C25H24FN5O2. The fourth-order valence-corrected chi connectivity index (χ4v) is 3.73. The van der Waals surface area contributed by atoms with Crippen LogP contribution in [-0.2, 0) is 0 Å². The summed E-state index contributed by atoms with van der Waals surface area (Å²) in [6.07, 6.45) is 3.10. The van der Waals surface area contributed by atoms with E-state index in [1.54, 1.807) is 37.5 Å². The van der Waals surface area contributed by atoms with Crippen LogP contribution in [0.25, 0.3) is 22.2 Å². The molecule has 0 spiro atoms. The lowest BCUT2D eigenvalue weighted by atomic mass is 9.96. The van der Waals surface area contributed by atoms with Crippen molar-refractivity contribution in [3.63, 3.8) is 0 Å². The number of fused-ring (bicyclic) bond motifs is 1. The SMILES string of the molecule is CNC(=O)c1ccnc2c([C@H](C)CNc3cc(-c4ccc(OC)c(F)c4)ncn3)cccc12. The van der Waals surface area contributed by atoms with Crippen LogP contribution in [0.1, 0.15) is 28.8 Å². The fraction of sp³-hybridized carbons (Fsp3) is 0.200. The number of hydrogen-bond acceptors (Lipinski definition) is 6. The molecule has 0 aliphatic carbocycles. The molecule has 168 valence electrons. The molecule has 0 aliphatic heterocycles. The van der Waals surface area contributed by atoms with Gasteiger partial charge in [-0.3, -0.25) is 9.78 Å². The van der Waals surface area contributed by atoms with Crippen molar-refractivity contribution in [1.82, 2.24) is 20.3 Å². The van der Waals surface area contributed by atoms with E-state index in [0.717, 1.165) is 16.5 Å². The van der Waals surface area contributed by atoms with E-state index in [4.69, 9.17) is 4.74 Å². The van der Waals surface area contributed by atoms with Gasteiger partial charge in [-0.15, -0.1) is 0 Å². The zero-order chi connectivity index (χ0) is 23.4. The molecule has 0 saturated carbocycles.